The number of nitrogens with zero attached hydrogens (tertiary/aromatic N) is 4. The third-order valence-corrected chi connectivity index (χ3v) is 7.19. The molecular formula is C33H47N5O2. The molecule has 0 bridgehead atoms. The Bertz CT molecular complexity index is 1300. The number of amides is 1. The second-order valence-electron chi connectivity index (χ2n) is 10.6. The number of aromatic nitrogens is 1. The highest BCUT2D eigenvalue weighted by atomic mass is 16.2. The van der Waals surface area contributed by atoms with E-state index < -0.39 is 0 Å². The summed E-state index contributed by atoms with van der Waals surface area (Å²) in [5.74, 6) is 0.454. The minimum Gasteiger partial charge on any atom is -0.388 e. The molecule has 0 unspecified atom stereocenters. The van der Waals surface area contributed by atoms with Crippen LogP contribution in [0, 0.1) is 5.92 Å². The lowest BCUT2D eigenvalue weighted by molar-refractivity contribution is -0.124. The summed E-state index contributed by atoms with van der Waals surface area (Å²) in [6.07, 6.45) is 15.4. The van der Waals surface area contributed by atoms with Crippen molar-refractivity contribution < 1.29 is 4.79 Å². The van der Waals surface area contributed by atoms with Crippen molar-refractivity contribution in [3.8, 4) is 0 Å². The van der Waals surface area contributed by atoms with E-state index in [1.807, 2.05) is 51.1 Å². The Morgan fingerprint density at radius 2 is 1.82 bits per heavy atom. The van der Waals surface area contributed by atoms with Crippen LogP contribution in [0.15, 0.2) is 93.1 Å². The monoisotopic (exact) mass is 545 g/mol. The molecule has 7 heteroatoms. The lowest BCUT2D eigenvalue weighted by Crippen LogP contribution is -2.35. The third-order valence-electron chi connectivity index (χ3n) is 7.19. The van der Waals surface area contributed by atoms with Crippen molar-refractivity contribution in [2.45, 2.75) is 47.5 Å². The van der Waals surface area contributed by atoms with Gasteiger partial charge in [0.1, 0.15) is 0 Å². The van der Waals surface area contributed by atoms with Crippen LogP contribution in [0.2, 0.25) is 0 Å². The molecular weight excluding hydrogens is 498 g/mol. The molecule has 1 N–H and O–H groups in total. The van der Waals surface area contributed by atoms with E-state index in [1.54, 1.807) is 49.1 Å². The molecule has 1 aromatic heterocycles. The van der Waals surface area contributed by atoms with Gasteiger partial charge in [0.05, 0.1) is 0 Å². The molecule has 0 saturated carbocycles. The maximum Gasteiger partial charge on any atom is 0.256 e. The quantitative estimate of drug-likeness (QED) is 0.213. The van der Waals surface area contributed by atoms with Gasteiger partial charge in [-0.05, 0) is 102 Å². The number of aliphatic imine (C=N–C) groups is 1. The van der Waals surface area contributed by atoms with Gasteiger partial charge in [-0.3, -0.25) is 24.0 Å². The van der Waals surface area contributed by atoms with E-state index in [-0.39, 0.29) is 11.5 Å². The molecule has 1 aromatic rings. The van der Waals surface area contributed by atoms with Gasteiger partial charge >= 0.3 is 0 Å². The number of pyridine rings is 1. The summed E-state index contributed by atoms with van der Waals surface area (Å²) in [6.45, 7) is 17.3. The number of rotatable bonds is 11. The predicted molar refractivity (Wildman–Crippen MR) is 171 cm³/mol. The Labute approximate surface area is 240 Å². The predicted octanol–water partition coefficient (Wildman–Crippen LogP) is 5.92. The van der Waals surface area contributed by atoms with E-state index >= 15 is 0 Å². The number of likely N-dealkylation sites (tertiary alicyclic amines) is 1. The number of nitrogens with one attached hydrogen (secondary N) is 1. The molecule has 1 aliphatic rings. The van der Waals surface area contributed by atoms with Crippen LogP contribution in [0.3, 0.4) is 0 Å². The van der Waals surface area contributed by atoms with Crippen LogP contribution in [0.1, 0.15) is 47.5 Å². The van der Waals surface area contributed by atoms with Crippen LogP contribution in [0.25, 0.3) is 5.70 Å². The van der Waals surface area contributed by atoms with Crippen molar-refractivity contribution in [2.24, 2.45) is 10.9 Å². The number of carbonyl (C=O) groups is 1. The molecule has 0 radical (unpaired) electrons. The molecule has 1 aliphatic heterocycles. The molecule has 2 heterocycles. The van der Waals surface area contributed by atoms with Crippen LogP contribution >= 0.6 is 0 Å². The van der Waals surface area contributed by atoms with Crippen LogP contribution in [0.4, 0.5) is 5.69 Å². The van der Waals surface area contributed by atoms with Gasteiger partial charge in [0.25, 0.3) is 11.5 Å². The average Bonchev–Trinajstić information content (AvgIpc) is 2.94. The van der Waals surface area contributed by atoms with Gasteiger partial charge in [-0.2, -0.15) is 0 Å². The highest BCUT2D eigenvalue weighted by Gasteiger charge is 2.22. The number of anilines is 1. The van der Waals surface area contributed by atoms with Crippen molar-refractivity contribution in [3.63, 3.8) is 0 Å². The van der Waals surface area contributed by atoms with E-state index in [9.17, 15) is 9.59 Å². The molecule has 0 atom stereocenters. The maximum absolute atomic E-state index is 12.4. The van der Waals surface area contributed by atoms with Crippen LogP contribution in [-0.4, -0.2) is 67.3 Å². The van der Waals surface area contributed by atoms with Crippen LogP contribution in [-0.2, 0) is 4.79 Å². The Morgan fingerprint density at radius 3 is 2.40 bits per heavy atom. The third kappa shape index (κ3) is 9.79. The second kappa shape index (κ2) is 15.8. The Morgan fingerprint density at radius 1 is 1.15 bits per heavy atom. The number of hydrogen-bond acceptors (Lipinski definition) is 5. The van der Waals surface area contributed by atoms with E-state index in [0.717, 1.165) is 60.7 Å². The fourth-order valence-electron chi connectivity index (χ4n) is 4.59. The van der Waals surface area contributed by atoms with E-state index in [2.05, 4.69) is 41.7 Å². The van der Waals surface area contributed by atoms with Crippen molar-refractivity contribution >= 4 is 23.5 Å². The van der Waals surface area contributed by atoms with Gasteiger partial charge < -0.3 is 10.2 Å². The summed E-state index contributed by atoms with van der Waals surface area (Å²) in [5.41, 5.74) is 6.61. The molecule has 1 amide bonds. The standard InChI is InChI=1S/C33H47N5O2/c1-10-29(33(40)36(8)9)21-25(3)28(6)30-14-18-37(19-15-30)23-24(2)11-12-26(4)35-17-13-27(5)38-20-16-31(34-7)22-32(38)39/h10-13,16-17,20-22,30,34H,6,14-15,18-19,23H2,1-5,7-9H3/b24-11+,25-21-,26-12+,27-13+,29-10+,35-17+. The van der Waals surface area contributed by atoms with Crippen molar-refractivity contribution in [1.82, 2.24) is 14.4 Å². The molecule has 7 nitrogen and oxygen atoms in total. The largest absolute Gasteiger partial charge is 0.388 e. The van der Waals surface area contributed by atoms with Gasteiger partial charge in [0, 0.05) is 68.8 Å². The van der Waals surface area contributed by atoms with Gasteiger partial charge in [-0.15, -0.1) is 0 Å². The number of allylic oxidation sites excluding steroid dienone is 8. The summed E-state index contributed by atoms with van der Waals surface area (Å²) in [4.78, 5) is 33.2. The zero-order valence-corrected chi connectivity index (χ0v) is 25.6. The Kier molecular flexibility index (Phi) is 12.8. The first-order valence-electron chi connectivity index (χ1n) is 13.9. The normalized spacial score (nSPS) is 16.9. The van der Waals surface area contributed by atoms with Gasteiger partial charge in [0.2, 0.25) is 0 Å². The molecule has 1 saturated heterocycles. The highest BCUT2D eigenvalue weighted by Crippen LogP contribution is 2.29. The molecule has 0 aliphatic carbocycles. The first kappa shape index (κ1) is 32.5. The van der Waals surface area contributed by atoms with E-state index in [0.29, 0.717) is 11.5 Å². The summed E-state index contributed by atoms with van der Waals surface area (Å²) >= 11 is 0. The van der Waals surface area contributed by atoms with Gasteiger partial charge in [-0.25, -0.2) is 0 Å². The fourth-order valence-corrected chi connectivity index (χ4v) is 4.59. The zero-order valence-electron chi connectivity index (χ0n) is 25.6. The van der Waals surface area contributed by atoms with Gasteiger partial charge in [-0.1, -0.05) is 24.3 Å². The fraction of sp³-hybridized carbons (Fsp3) is 0.424. The number of hydrogen-bond donors (Lipinski definition) is 1. The molecule has 1 fully saturated rings. The average molecular weight is 546 g/mol. The summed E-state index contributed by atoms with van der Waals surface area (Å²) in [7, 11) is 5.34. The number of likely N-dealkylation sites (N-methyl/N-ethyl adjacent to an activating group) is 1. The Hall–Kier alpha value is -3.71. The first-order chi connectivity index (χ1) is 19.0. The van der Waals surface area contributed by atoms with Crippen LogP contribution < -0.4 is 10.9 Å². The van der Waals surface area contributed by atoms with Gasteiger partial charge in [0.15, 0.2) is 0 Å². The van der Waals surface area contributed by atoms with Crippen LogP contribution in [0.5, 0.6) is 0 Å². The summed E-state index contributed by atoms with van der Waals surface area (Å²) in [6, 6.07) is 3.43. The van der Waals surface area contributed by atoms with Crippen molar-refractivity contribution in [3.05, 3.63) is 93.6 Å². The van der Waals surface area contributed by atoms with E-state index in [1.165, 1.54) is 5.57 Å². The summed E-state index contributed by atoms with van der Waals surface area (Å²) < 4.78 is 1.59. The Balaban J connectivity index is 1.90. The highest BCUT2D eigenvalue weighted by molar-refractivity contribution is 5.96. The molecule has 0 aromatic carbocycles. The SMILES string of the molecule is C=C(/C(C)=C\C(=C/C)C(=O)N(C)C)C1CCN(C/C(C)=C/C=C(C)/N=C/C=C(\C)n2ccc(NC)cc2=O)CC1. The first-order valence-corrected chi connectivity index (χ1v) is 13.9. The minimum absolute atomic E-state index is 0.0146. The van der Waals surface area contributed by atoms with Crippen molar-refractivity contribution in [1.29, 1.82) is 0 Å². The molecule has 216 valence electrons. The minimum atomic E-state index is -0.0842. The van der Waals surface area contributed by atoms with Crippen molar-refractivity contribution in [2.75, 3.05) is 46.1 Å². The molecule has 0 spiro atoms. The smallest absolute Gasteiger partial charge is 0.256 e. The number of piperidine rings is 1. The maximum atomic E-state index is 12.4. The second-order valence-corrected chi connectivity index (χ2v) is 10.6. The summed E-state index contributed by atoms with van der Waals surface area (Å²) in [5, 5.41) is 2.97. The topological polar surface area (TPSA) is 69.9 Å². The lowest BCUT2D eigenvalue weighted by atomic mass is 9.85. The molecule has 2 rings (SSSR count). The van der Waals surface area contributed by atoms with E-state index in [4.69, 9.17) is 0 Å². The number of carbonyl (C=O) groups excluding carboxylic acids is 1. The molecule has 40 heavy (non-hydrogen) atoms. The zero-order chi connectivity index (χ0) is 29.8. The lowest BCUT2D eigenvalue weighted by Gasteiger charge is -2.33.